The quantitative estimate of drug-likeness (QED) is 0.498. The molecular formula is C21H28N6S. The number of para-hydroxylation sites is 2. The average molecular weight is 397 g/mol. The third-order valence-electron chi connectivity index (χ3n) is 5.52. The number of nitrogens with one attached hydrogen (secondary N) is 2. The highest BCUT2D eigenvalue weighted by molar-refractivity contribution is 7.06. The van der Waals surface area contributed by atoms with E-state index in [0.29, 0.717) is 5.69 Å². The highest BCUT2D eigenvalue weighted by Crippen LogP contribution is 2.32. The van der Waals surface area contributed by atoms with Gasteiger partial charge in [0.15, 0.2) is 0 Å². The fourth-order valence-corrected chi connectivity index (χ4v) is 4.78. The van der Waals surface area contributed by atoms with E-state index in [-0.39, 0.29) is 0 Å². The molecule has 4 rings (SSSR count). The number of aryl methyl sites for hydroxylation is 1. The van der Waals surface area contributed by atoms with Crippen molar-refractivity contribution in [1.29, 1.82) is 5.53 Å². The fourth-order valence-electron chi connectivity index (χ4n) is 3.90. The summed E-state index contributed by atoms with van der Waals surface area (Å²) in [6.45, 7) is 6.44. The topological polar surface area (TPSA) is 67.6 Å². The monoisotopic (exact) mass is 396 g/mol. The van der Waals surface area contributed by atoms with E-state index >= 15 is 0 Å². The minimum absolute atomic E-state index is 0.706. The van der Waals surface area contributed by atoms with E-state index < -0.39 is 0 Å². The molecule has 148 valence electrons. The summed E-state index contributed by atoms with van der Waals surface area (Å²) >= 11 is 1.68. The Balaban J connectivity index is 1.17. The molecule has 0 spiro atoms. The molecule has 1 aromatic carbocycles. The molecule has 0 saturated carbocycles. The Morgan fingerprint density at radius 1 is 1.14 bits per heavy atom. The number of nitrogens with zero attached hydrogens (tertiary/aromatic N) is 4. The number of rotatable bonds is 8. The summed E-state index contributed by atoms with van der Waals surface area (Å²) in [5.41, 5.74) is 10.2. The van der Waals surface area contributed by atoms with Crippen molar-refractivity contribution in [2.24, 2.45) is 5.11 Å². The number of unbranched alkanes of at least 4 members (excludes halogenated alkanes) is 1. The first kappa shape index (κ1) is 19.1. The van der Waals surface area contributed by atoms with Crippen LogP contribution in [0.4, 0.5) is 17.2 Å². The molecule has 2 aromatic rings. The first-order valence-electron chi connectivity index (χ1n) is 10.2. The van der Waals surface area contributed by atoms with Gasteiger partial charge in [0, 0.05) is 43.2 Å². The summed E-state index contributed by atoms with van der Waals surface area (Å²) in [5.74, 6) is 1.21. The molecular weight excluding hydrogens is 368 g/mol. The van der Waals surface area contributed by atoms with E-state index in [4.69, 9.17) is 9.90 Å². The van der Waals surface area contributed by atoms with Crippen molar-refractivity contribution in [1.82, 2.24) is 9.27 Å². The third-order valence-corrected chi connectivity index (χ3v) is 6.43. The van der Waals surface area contributed by atoms with Crippen LogP contribution in [0, 0.1) is 5.53 Å². The van der Waals surface area contributed by atoms with Crippen LogP contribution in [-0.2, 0) is 6.42 Å². The number of fused-ring (bicyclic) bond motifs is 1. The van der Waals surface area contributed by atoms with Gasteiger partial charge < -0.3 is 10.2 Å². The lowest BCUT2D eigenvalue weighted by molar-refractivity contribution is 0.253. The Morgan fingerprint density at radius 2 is 2.00 bits per heavy atom. The zero-order chi connectivity index (χ0) is 19.2. The van der Waals surface area contributed by atoms with Crippen molar-refractivity contribution in [3.8, 4) is 0 Å². The minimum Gasteiger partial charge on any atom is -0.383 e. The van der Waals surface area contributed by atoms with Crippen LogP contribution in [-0.4, -0.2) is 48.5 Å². The molecule has 28 heavy (non-hydrogen) atoms. The van der Waals surface area contributed by atoms with E-state index in [0.717, 1.165) is 64.2 Å². The second kappa shape index (κ2) is 9.30. The minimum atomic E-state index is 0.706. The van der Waals surface area contributed by atoms with Crippen LogP contribution < -0.4 is 10.2 Å². The van der Waals surface area contributed by atoms with E-state index in [2.05, 4.69) is 32.4 Å². The molecule has 6 nitrogen and oxygen atoms in total. The van der Waals surface area contributed by atoms with Crippen LogP contribution in [0.3, 0.4) is 0 Å². The van der Waals surface area contributed by atoms with Gasteiger partial charge in [0.2, 0.25) is 0 Å². The molecule has 1 aromatic heterocycles. The van der Waals surface area contributed by atoms with E-state index in [1.54, 1.807) is 11.5 Å². The predicted molar refractivity (Wildman–Crippen MR) is 117 cm³/mol. The number of anilines is 2. The van der Waals surface area contributed by atoms with Gasteiger partial charge in [0.05, 0.1) is 5.69 Å². The highest BCUT2D eigenvalue weighted by atomic mass is 32.1. The number of benzene rings is 1. The Kier molecular flexibility index (Phi) is 6.34. The molecule has 1 saturated heterocycles. The Bertz CT molecular complexity index is 822. The van der Waals surface area contributed by atoms with E-state index in [1.807, 2.05) is 24.3 Å². The normalized spacial score (nSPS) is 16.8. The zero-order valence-electron chi connectivity index (χ0n) is 16.2. The van der Waals surface area contributed by atoms with Crippen molar-refractivity contribution in [3.05, 3.63) is 40.8 Å². The van der Waals surface area contributed by atoms with Crippen LogP contribution in [0.15, 0.2) is 35.5 Å². The standard InChI is InChI=1S/C21H28N6S/c22-24-19-9-3-2-8-18(19)23-11-5-6-12-26-13-15-27(16-14-26)21-17-7-1-4-10-20(17)28-25-21/h1-3,7-9,22-23H,4-6,10-16H2. The first-order valence-corrected chi connectivity index (χ1v) is 11.0. The number of piperazine rings is 1. The zero-order valence-corrected chi connectivity index (χ0v) is 17.0. The first-order chi connectivity index (χ1) is 13.8. The third kappa shape index (κ3) is 4.42. The van der Waals surface area contributed by atoms with E-state index in [9.17, 15) is 0 Å². The van der Waals surface area contributed by atoms with Gasteiger partial charge in [-0.2, -0.15) is 9.49 Å². The average Bonchev–Trinajstić information content (AvgIpc) is 3.18. The van der Waals surface area contributed by atoms with Gasteiger partial charge >= 0.3 is 0 Å². The van der Waals surface area contributed by atoms with Crippen molar-refractivity contribution in [2.45, 2.75) is 25.7 Å². The molecule has 0 bridgehead atoms. The summed E-state index contributed by atoms with van der Waals surface area (Å²) < 4.78 is 4.74. The molecule has 0 amide bonds. The molecule has 0 atom stereocenters. The lowest BCUT2D eigenvalue weighted by Gasteiger charge is -2.35. The SMILES string of the molecule is N=Nc1ccccc1NCCCCN1CCN(c2nsc3c2C=CCC3)CC1. The molecule has 2 heterocycles. The summed E-state index contributed by atoms with van der Waals surface area (Å²) in [5, 5.41) is 6.97. The van der Waals surface area contributed by atoms with Crippen LogP contribution >= 0.6 is 11.5 Å². The molecule has 1 fully saturated rings. The van der Waals surface area contributed by atoms with Crippen molar-refractivity contribution < 1.29 is 0 Å². The maximum Gasteiger partial charge on any atom is 0.149 e. The fraction of sp³-hybridized carbons (Fsp3) is 0.476. The summed E-state index contributed by atoms with van der Waals surface area (Å²) in [4.78, 5) is 6.48. The largest absolute Gasteiger partial charge is 0.383 e. The Labute approximate surface area is 170 Å². The maximum atomic E-state index is 7.22. The summed E-state index contributed by atoms with van der Waals surface area (Å²) in [6.07, 6.45) is 9.15. The van der Waals surface area contributed by atoms with Crippen molar-refractivity contribution in [3.63, 3.8) is 0 Å². The Hall–Kier alpha value is -2.25. The number of hydrogen-bond donors (Lipinski definition) is 2. The Morgan fingerprint density at radius 3 is 2.86 bits per heavy atom. The molecule has 0 radical (unpaired) electrons. The van der Waals surface area contributed by atoms with Gasteiger partial charge in [-0.3, -0.25) is 4.90 Å². The lowest BCUT2D eigenvalue weighted by Crippen LogP contribution is -2.47. The molecule has 1 aliphatic carbocycles. The van der Waals surface area contributed by atoms with Gasteiger partial charge in [-0.05, 0) is 55.9 Å². The highest BCUT2D eigenvalue weighted by Gasteiger charge is 2.23. The molecule has 7 heteroatoms. The van der Waals surface area contributed by atoms with Crippen LogP contribution in [0.2, 0.25) is 0 Å². The van der Waals surface area contributed by atoms with Crippen molar-refractivity contribution >= 4 is 34.8 Å². The van der Waals surface area contributed by atoms with E-state index in [1.165, 1.54) is 22.7 Å². The van der Waals surface area contributed by atoms with Crippen LogP contribution in [0.5, 0.6) is 0 Å². The van der Waals surface area contributed by atoms with Crippen LogP contribution in [0.25, 0.3) is 6.08 Å². The van der Waals surface area contributed by atoms with Gasteiger partial charge in [-0.25, -0.2) is 5.53 Å². The smallest absolute Gasteiger partial charge is 0.149 e. The van der Waals surface area contributed by atoms with Gasteiger partial charge in [-0.1, -0.05) is 24.3 Å². The van der Waals surface area contributed by atoms with Gasteiger partial charge in [-0.15, -0.1) is 0 Å². The summed E-state index contributed by atoms with van der Waals surface area (Å²) in [6, 6.07) is 7.74. The molecule has 1 aliphatic heterocycles. The molecule has 0 unspecified atom stereocenters. The second-order valence-corrected chi connectivity index (χ2v) is 8.23. The van der Waals surface area contributed by atoms with Crippen LogP contribution in [0.1, 0.15) is 29.7 Å². The number of allylic oxidation sites excluding steroid dienone is 1. The predicted octanol–water partition coefficient (Wildman–Crippen LogP) is 4.78. The maximum absolute atomic E-state index is 7.22. The van der Waals surface area contributed by atoms with Gasteiger partial charge in [0.25, 0.3) is 0 Å². The molecule has 2 N–H and O–H groups in total. The number of aromatic nitrogens is 1. The summed E-state index contributed by atoms with van der Waals surface area (Å²) in [7, 11) is 0. The van der Waals surface area contributed by atoms with Crippen molar-refractivity contribution in [2.75, 3.05) is 49.5 Å². The van der Waals surface area contributed by atoms with Gasteiger partial charge in [0.1, 0.15) is 11.5 Å². The second-order valence-electron chi connectivity index (χ2n) is 7.38. The lowest BCUT2D eigenvalue weighted by atomic mass is 10.1. The number of hydrogen-bond acceptors (Lipinski definition) is 7. The molecule has 2 aliphatic rings.